The smallest absolute Gasteiger partial charge is 0.0578 e. The molecule has 0 amide bonds. The van der Waals surface area contributed by atoms with E-state index in [-0.39, 0.29) is 0 Å². The first kappa shape index (κ1) is 18.2. The Labute approximate surface area is 204 Å². The van der Waals surface area contributed by atoms with Gasteiger partial charge in [-0.05, 0) is 80.1 Å². The van der Waals surface area contributed by atoms with Crippen LogP contribution >= 0.6 is 0 Å². The van der Waals surface area contributed by atoms with Crippen LogP contribution in [0.3, 0.4) is 0 Å². The Bertz CT molecular complexity index is 1760. The van der Waals surface area contributed by atoms with Gasteiger partial charge in [-0.3, -0.25) is 4.98 Å². The van der Waals surface area contributed by atoms with Crippen LogP contribution in [0.25, 0.3) is 22.3 Å². The van der Waals surface area contributed by atoms with Crippen LogP contribution in [0.15, 0.2) is 85.2 Å². The number of pyridine rings is 1. The fraction of sp³-hybridized carbons (Fsp3) is 0.121. The van der Waals surface area contributed by atoms with Crippen LogP contribution in [0.1, 0.15) is 44.5 Å². The third-order valence-corrected chi connectivity index (χ3v) is 8.60. The third-order valence-electron chi connectivity index (χ3n) is 8.60. The molecular weight excluding hydrogens is 424 g/mol. The second kappa shape index (κ2) is 6.28. The zero-order valence-corrected chi connectivity index (χ0v) is 19.3. The van der Waals surface area contributed by atoms with Crippen molar-refractivity contribution in [1.29, 1.82) is 0 Å². The van der Waals surface area contributed by atoms with Crippen LogP contribution in [0, 0.1) is 0 Å². The minimum Gasteiger partial charge on any atom is -0.309 e. The van der Waals surface area contributed by atoms with Crippen molar-refractivity contribution in [2.24, 2.45) is 0 Å². The predicted molar refractivity (Wildman–Crippen MR) is 141 cm³/mol. The molecule has 0 N–H and O–H groups in total. The van der Waals surface area contributed by atoms with Gasteiger partial charge in [-0.2, -0.15) is 0 Å². The first-order chi connectivity index (χ1) is 17.3. The second-order valence-corrected chi connectivity index (χ2v) is 10.4. The molecule has 164 valence electrons. The number of hydrogen-bond donors (Lipinski definition) is 0. The highest BCUT2D eigenvalue weighted by Crippen LogP contribution is 2.57. The van der Waals surface area contributed by atoms with Gasteiger partial charge in [-0.25, -0.2) is 0 Å². The molecule has 2 aliphatic heterocycles. The summed E-state index contributed by atoms with van der Waals surface area (Å²) in [5.74, 6) is 0. The van der Waals surface area contributed by atoms with E-state index in [4.69, 9.17) is 4.98 Å². The molecule has 35 heavy (non-hydrogen) atoms. The van der Waals surface area contributed by atoms with Gasteiger partial charge in [0.15, 0.2) is 0 Å². The van der Waals surface area contributed by atoms with E-state index in [1.54, 1.807) is 0 Å². The standard InChI is InChI=1S/C33H22N2/c1-3-7-25-20(6-1)15-28-27(25)11-12-30-29(28)16-24-18-34-17-23-14-22-10-9-21-13-19-5-2-4-8-26(19)31(21)33(22)35(30)32(23)24/h1-12,17-18H,13-16H2. The summed E-state index contributed by atoms with van der Waals surface area (Å²) >= 11 is 0. The minimum absolute atomic E-state index is 0.948. The average Bonchev–Trinajstić information content (AvgIpc) is 3.47. The molecule has 3 heterocycles. The molecule has 2 heteroatoms. The molecule has 0 bridgehead atoms. The Morgan fingerprint density at radius 3 is 2.06 bits per heavy atom. The maximum Gasteiger partial charge on any atom is 0.0578 e. The molecule has 4 aliphatic rings. The van der Waals surface area contributed by atoms with Crippen LogP contribution in [-0.2, 0) is 25.7 Å². The molecule has 2 aliphatic carbocycles. The van der Waals surface area contributed by atoms with Gasteiger partial charge < -0.3 is 4.90 Å². The zero-order valence-electron chi connectivity index (χ0n) is 19.3. The molecule has 0 unspecified atom stereocenters. The van der Waals surface area contributed by atoms with Gasteiger partial charge in [-0.15, -0.1) is 0 Å². The molecule has 0 atom stereocenters. The summed E-state index contributed by atoms with van der Waals surface area (Å²) in [7, 11) is 0. The lowest BCUT2D eigenvalue weighted by atomic mass is 9.83. The van der Waals surface area contributed by atoms with E-state index in [9.17, 15) is 0 Å². The Hall–Kier alpha value is -4.17. The summed E-state index contributed by atoms with van der Waals surface area (Å²) in [6, 6.07) is 27.4. The monoisotopic (exact) mass is 446 g/mol. The van der Waals surface area contributed by atoms with Crippen molar-refractivity contribution in [3.63, 3.8) is 0 Å². The lowest BCUT2D eigenvalue weighted by Crippen LogP contribution is -2.26. The van der Waals surface area contributed by atoms with Crippen molar-refractivity contribution in [3.05, 3.63) is 130 Å². The summed E-state index contributed by atoms with van der Waals surface area (Å²) in [5, 5.41) is 0. The van der Waals surface area contributed by atoms with Crippen molar-refractivity contribution in [2.75, 3.05) is 4.90 Å². The summed E-state index contributed by atoms with van der Waals surface area (Å²) in [6.07, 6.45) is 8.15. The van der Waals surface area contributed by atoms with E-state index in [0.717, 1.165) is 25.7 Å². The molecule has 0 spiro atoms. The number of fused-ring (bicyclic) bond motifs is 12. The first-order valence-corrected chi connectivity index (χ1v) is 12.6. The normalized spacial score (nSPS) is 14.9. The largest absolute Gasteiger partial charge is 0.309 e. The Balaban J connectivity index is 1.36. The number of hydrogen-bond acceptors (Lipinski definition) is 2. The molecule has 9 rings (SSSR count). The molecule has 2 nitrogen and oxygen atoms in total. The predicted octanol–water partition coefficient (Wildman–Crippen LogP) is 7.50. The first-order valence-electron chi connectivity index (χ1n) is 12.6. The highest BCUT2D eigenvalue weighted by Gasteiger charge is 2.37. The highest BCUT2D eigenvalue weighted by molar-refractivity contribution is 6.00. The van der Waals surface area contributed by atoms with Crippen LogP contribution in [0.4, 0.5) is 17.1 Å². The van der Waals surface area contributed by atoms with Crippen LogP contribution in [-0.4, -0.2) is 4.98 Å². The number of nitrogens with zero attached hydrogens (tertiary/aromatic N) is 2. The highest BCUT2D eigenvalue weighted by atomic mass is 15.2. The van der Waals surface area contributed by atoms with Crippen molar-refractivity contribution >= 4 is 17.1 Å². The molecular formula is C33H22N2. The van der Waals surface area contributed by atoms with E-state index in [2.05, 4.69) is 90.1 Å². The third kappa shape index (κ3) is 2.23. The lowest BCUT2D eigenvalue weighted by molar-refractivity contribution is 0.974. The van der Waals surface area contributed by atoms with E-state index >= 15 is 0 Å². The number of benzene rings is 4. The summed E-state index contributed by atoms with van der Waals surface area (Å²) < 4.78 is 0. The topological polar surface area (TPSA) is 16.1 Å². The van der Waals surface area contributed by atoms with Gasteiger partial charge in [0.05, 0.1) is 17.1 Å². The number of anilines is 3. The number of rotatable bonds is 0. The van der Waals surface area contributed by atoms with Gasteiger partial charge in [0, 0.05) is 30.8 Å². The fourth-order valence-corrected chi connectivity index (χ4v) is 7.15. The van der Waals surface area contributed by atoms with Crippen molar-refractivity contribution in [3.8, 4) is 22.3 Å². The molecule has 4 aromatic carbocycles. The maximum atomic E-state index is 4.70. The molecule has 0 radical (unpaired) electrons. The summed E-state index contributed by atoms with van der Waals surface area (Å²) in [6.45, 7) is 0. The van der Waals surface area contributed by atoms with Gasteiger partial charge in [0.1, 0.15) is 0 Å². The lowest BCUT2D eigenvalue weighted by Gasteiger charge is -2.41. The Morgan fingerprint density at radius 2 is 1.17 bits per heavy atom. The van der Waals surface area contributed by atoms with E-state index < -0.39 is 0 Å². The molecule has 0 fully saturated rings. The zero-order chi connectivity index (χ0) is 22.7. The SMILES string of the molecule is c1ccc2c(c1)Cc1c-2ccc2c1Cc1cncc3c1N2c1c(ccc2c1-c1ccccc1C2)C3. The molecule has 0 saturated carbocycles. The van der Waals surface area contributed by atoms with Crippen LogP contribution < -0.4 is 4.90 Å². The quantitative estimate of drug-likeness (QED) is 0.240. The molecule has 1 aromatic heterocycles. The molecule has 0 saturated heterocycles. The van der Waals surface area contributed by atoms with Crippen LogP contribution in [0.2, 0.25) is 0 Å². The van der Waals surface area contributed by atoms with Crippen molar-refractivity contribution < 1.29 is 0 Å². The van der Waals surface area contributed by atoms with E-state index in [1.807, 2.05) is 0 Å². The fourth-order valence-electron chi connectivity index (χ4n) is 7.15. The number of aromatic nitrogens is 1. The van der Waals surface area contributed by atoms with Gasteiger partial charge >= 0.3 is 0 Å². The Kier molecular flexibility index (Phi) is 3.27. The second-order valence-electron chi connectivity index (χ2n) is 10.4. The van der Waals surface area contributed by atoms with Crippen LogP contribution in [0.5, 0.6) is 0 Å². The average molecular weight is 447 g/mol. The van der Waals surface area contributed by atoms with E-state index in [0.29, 0.717) is 0 Å². The van der Waals surface area contributed by atoms with E-state index in [1.165, 1.54) is 83.8 Å². The van der Waals surface area contributed by atoms with Crippen molar-refractivity contribution in [2.45, 2.75) is 25.7 Å². The van der Waals surface area contributed by atoms with Gasteiger partial charge in [0.25, 0.3) is 0 Å². The Morgan fingerprint density at radius 1 is 0.486 bits per heavy atom. The molecule has 5 aromatic rings. The minimum atomic E-state index is 0.948. The summed E-state index contributed by atoms with van der Waals surface area (Å²) in [5.41, 5.74) is 21.2. The summed E-state index contributed by atoms with van der Waals surface area (Å²) in [4.78, 5) is 7.30. The maximum absolute atomic E-state index is 4.70. The van der Waals surface area contributed by atoms with Gasteiger partial charge in [0.2, 0.25) is 0 Å². The van der Waals surface area contributed by atoms with Crippen molar-refractivity contribution in [1.82, 2.24) is 4.98 Å². The van der Waals surface area contributed by atoms with Gasteiger partial charge in [-0.1, -0.05) is 66.7 Å².